The molecule has 0 unspecified atom stereocenters. The molecule has 0 aliphatic carbocycles. The van der Waals surface area contributed by atoms with Crippen molar-refractivity contribution in [2.45, 2.75) is 26.7 Å². The van der Waals surface area contributed by atoms with E-state index in [2.05, 4.69) is 4.90 Å². The van der Waals surface area contributed by atoms with Gasteiger partial charge in [0, 0.05) is 64.8 Å². The van der Waals surface area contributed by atoms with Gasteiger partial charge >= 0.3 is 6.03 Å². The lowest BCUT2D eigenvalue weighted by atomic mass is 9.95. The minimum atomic E-state index is 0.0378. The Hall–Kier alpha value is -1.99. The number of hydrogen-bond acceptors (Lipinski definition) is 4. The molecule has 0 N–H and O–H groups in total. The molecule has 2 aliphatic heterocycles. The fourth-order valence-electron chi connectivity index (χ4n) is 4.31. The van der Waals surface area contributed by atoms with Crippen LogP contribution in [0.3, 0.4) is 0 Å². The monoisotopic (exact) mass is 450 g/mol. The van der Waals surface area contributed by atoms with E-state index >= 15 is 0 Å². The number of carbonyl (C=O) groups excluding carboxylic acids is 2. The zero-order valence-corrected chi connectivity index (χ0v) is 19.5. The molecule has 1 aromatic carbocycles. The van der Waals surface area contributed by atoms with Crippen LogP contribution in [0.5, 0.6) is 5.75 Å². The number of urea groups is 1. The number of piperidine rings is 1. The zero-order chi connectivity index (χ0) is 22.2. The maximum atomic E-state index is 13.0. The molecule has 0 saturated carbocycles. The van der Waals surface area contributed by atoms with Crippen LogP contribution in [0.4, 0.5) is 4.79 Å². The van der Waals surface area contributed by atoms with Gasteiger partial charge in [-0.2, -0.15) is 0 Å². The van der Waals surface area contributed by atoms with E-state index in [9.17, 15) is 9.59 Å². The summed E-state index contributed by atoms with van der Waals surface area (Å²) < 4.78 is 5.78. The Morgan fingerprint density at radius 3 is 2.26 bits per heavy atom. The SMILES string of the molecule is CCN(CC)C(=O)N1CCC(C(=O)N2CCN(CCOc3ccccc3Cl)CC2)CC1. The van der Waals surface area contributed by atoms with Crippen LogP contribution in [0.15, 0.2) is 24.3 Å². The van der Waals surface area contributed by atoms with E-state index in [0.717, 1.165) is 58.7 Å². The summed E-state index contributed by atoms with van der Waals surface area (Å²) in [6, 6.07) is 7.60. The second kappa shape index (κ2) is 11.6. The van der Waals surface area contributed by atoms with Crippen molar-refractivity contribution in [1.82, 2.24) is 19.6 Å². The third-order valence-electron chi connectivity index (χ3n) is 6.33. The highest BCUT2D eigenvalue weighted by atomic mass is 35.5. The number of rotatable bonds is 7. The van der Waals surface area contributed by atoms with Gasteiger partial charge in [0.2, 0.25) is 5.91 Å². The number of para-hydroxylation sites is 1. The number of piperazine rings is 1. The van der Waals surface area contributed by atoms with Crippen LogP contribution in [-0.4, -0.2) is 97.0 Å². The van der Waals surface area contributed by atoms with Crippen LogP contribution >= 0.6 is 11.6 Å². The third-order valence-corrected chi connectivity index (χ3v) is 6.65. The van der Waals surface area contributed by atoms with E-state index in [4.69, 9.17) is 16.3 Å². The van der Waals surface area contributed by atoms with Gasteiger partial charge in [0.15, 0.2) is 0 Å². The summed E-state index contributed by atoms with van der Waals surface area (Å²) in [6.45, 7) is 11.4. The molecular formula is C23H35ClN4O3. The highest BCUT2D eigenvalue weighted by Crippen LogP contribution is 2.23. The second-order valence-electron chi connectivity index (χ2n) is 8.16. The number of hydrogen-bond donors (Lipinski definition) is 0. The number of ether oxygens (including phenoxy) is 1. The molecule has 2 saturated heterocycles. The number of nitrogens with zero attached hydrogens (tertiary/aromatic N) is 4. The van der Waals surface area contributed by atoms with Gasteiger partial charge < -0.3 is 19.4 Å². The van der Waals surface area contributed by atoms with Crippen molar-refractivity contribution in [3.63, 3.8) is 0 Å². The van der Waals surface area contributed by atoms with Crippen LogP contribution < -0.4 is 4.74 Å². The van der Waals surface area contributed by atoms with Gasteiger partial charge in [-0.25, -0.2) is 4.79 Å². The van der Waals surface area contributed by atoms with Gasteiger partial charge in [-0.05, 0) is 38.8 Å². The lowest BCUT2D eigenvalue weighted by Crippen LogP contribution is -2.53. The Kier molecular flexibility index (Phi) is 8.84. The Labute approximate surface area is 190 Å². The van der Waals surface area contributed by atoms with E-state index in [-0.39, 0.29) is 17.9 Å². The van der Waals surface area contributed by atoms with Crippen LogP contribution in [-0.2, 0) is 4.79 Å². The van der Waals surface area contributed by atoms with Crippen LogP contribution in [0.1, 0.15) is 26.7 Å². The van der Waals surface area contributed by atoms with Crippen molar-refractivity contribution in [2.24, 2.45) is 5.92 Å². The van der Waals surface area contributed by atoms with E-state index < -0.39 is 0 Å². The van der Waals surface area contributed by atoms with Crippen molar-refractivity contribution < 1.29 is 14.3 Å². The van der Waals surface area contributed by atoms with Crippen molar-refractivity contribution in [3.8, 4) is 5.75 Å². The summed E-state index contributed by atoms with van der Waals surface area (Å²) in [6.07, 6.45) is 1.52. The van der Waals surface area contributed by atoms with E-state index in [1.807, 2.05) is 52.8 Å². The fraction of sp³-hybridized carbons (Fsp3) is 0.652. The van der Waals surface area contributed by atoms with Crippen LogP contribution in [0.25, 0.3) is 0 Å². The zero-order valence-electron chi connectivity index (χ0n) is 18.8. The Bertz CT molecular complexity index is 727. The molecule has 0 spiro atoms. The molecule has 0 radical (unpaired) electrons. The number of amides is 3. The average Bonchev–Trinajstić information content (AvgIpc) is 2.81. The predicted molar refractivity (Wildman–Crippen MR) is 123 cm³/mol. The van der Waals surface area contributed by atoms with E-state index in [0.29, 0.717) is 30.5 Å². The molecule has 3 rings (SSSR count). The molecule has 0 aromatic heterocycles. The van der Waals surface area contributed by atoms with Crippen molar-refractivity contribution >= 4 is 23.5 Å². The lowest BCUT2D eigenvalue weighted by molar-refractivity contribution is -0.138. The van der Waals surface area contributed by atoms with Crippen molar-refractivity contribution in [2.75, 3.05) is 65.5 Å². The molecule has 8 heteroatoms. The van der Waals surface area contributed by atoms with Crippen LogP contribution in [0.2, 0.25) is 5.02 Å². The molecule has 172 valence electrons. The van der Waals surface area contributed by atoms with Gasteiger partial charge in [-0.15, -0.1) is 0 Å². The van der Waals surface area contributed by atoms with Crippen LogP contribution in [0, 0.1) is 5.92 Å². The highest BCUT2D eigenvalue weighted by molar-refractivity contribution is 6.32. The number of likely N-dealkylation sites (tertiary alicyclic amines) is 1. The summed E-state index contributed by atoms with van der Waals surface area (Å²) in [5.74, 6) is 1.00. The maximum Gasteiger partial charge on any atom is 0.319 e. The predicted octanol–water partition coefficient (Wildman–Crippen LogP) is 3.04. The molecule has 31 heavy (non-hydrogen) atoms. The molecule has 3 amide bonds. The molecule has 1 aromatic rings. The van der Waals surface area contributed by atoms with Crippen molar-refractivity contribution in [3.05, 3.63) is 29.3 Å². The van der Waals surface area contributed by atoms with Gasteiger partial charge in [0.25, 0.3) is 0 Å². The van der Waals surface area contributed by atoms with Gasteiger partial charge in [-0.1, -0.05) is 23.7 Å². The first-order chi connectivity index (χ1) is 15.0. The second-order valence-corrected chi connectivity index (χ2v) is 8.57. The Balaban J connectivity index is 1.37. The molecule has 2 aliphatic rings. The number of carbonyl (C=O) groups is 2. The first kappa shape index (κ1) is 23.7. The molecule has 0 atom stereocenters. The molecule has 7 nitrogen and oxygen atoms in total. The van der Waals surface area contributed by atoms with E-state index in [1.54, 1.807) is 0 Å². The first-order valence-corrected chi connectivity index (χ1v) is 11.8. The first-order valence-electron chi connectivity index (χ1n) is 11.5. The largest absolute Gasteiger partial charge is 0.491 e. The Morgan fingerprint density at radius 1 is 1.00 bits per heavy atom. The molecule has 0 bridgehead atoms. The smallest absolute Gasteiger partial charge is 0.319 e. The number of benzene rings is 1. The molecule has 2 heterocycles. The van der Waals surface area contributed by atoms with Crippen molar-refractivity contribution in [1.29, 1.82) is 0 Å². The van der Waals surface area contributed by atoms with Gasteiger partial charge in [-0.3, -0.25) is 9.69 Å². The fourth-order valence-corrected chi connectivity index (χ4v) is 4.50. The number of halogens is 1. The highest BCUT2D eigenvalue weighted by Gasteiger charge is 2.32. The Morgan fingerprint density at radius 2 is 1.65 bits per heavy atom. The normalized spacial score (nSPS) is 18.2. The summed E-state index contributed by atoms with van der Waals surface area (Å²) in [5, 5.41) is 0.628. The lowest BCUT2D eigenvalue weighted by Gasteiger charge is -2.39. The molecular weight excluding hydrogens is 416 g/mol. The summed E-state index contributed by atoms with van der Waals surface area (Å²) in [7, 11) is 0. The quantitative estimate of drug-likeness (QED) is 0.640. The van der Waals surface area contributed by atoms with Gasteiger partial charge in [0.1, 0.15) is 12.4 Å². The van der Waals surface area contributed by atoms with Gasteiger partial charge in [0.05, 0.1) is 5.02 Å². The topological polar surface area (TPSA) is 56.3 Å². The molecule has 2 fully saturated rings. The maximum absolute atomic E-state index is 13.0. The summed E-state index contributed by atoms with van der Waals surface area (Å²) in [5.41, 5.74) is 0. The summed E-state index contributed by atoms with van der Waals surface area (Å²) in [4.78, 5) is 33.5. The average molecular weight is 451 g/mol. The standard InChI is InChI=1S/C23H35ClN4O3/c1-3-26(4-2)23(30)28-11-9-19(10-12-28)22(29)27-15-13-25(14-16-27)17-18-31-21-8-6-5-7-20(21)24/h5-8,19H,3-4,9-18H2,1-2H3. The third kappa shape index (κ3) is 6.26. The minimum absolute atomic E-state index is 0.0378. The summed E-state index contributed by atoms with van der Waals surface area (Å²) >= 11 is 6.12. The minimum Gasteiger partial charge on any atom is -0.491 e. The van der Waals surface area contributed by atoms with E-state index in [1.165, 1.54) is 0 Å².